The average Bonchev–Trinajstić information content (AvgIpc) is 2.40. The SMILES string of the molecule is OC1(O)CCN(CCc2ccc(C(F)(F)F)cc2)CC1(F)F. The van der Waals surface area contributed by atoms with E-state index in [4.69, 9.17) is 0 Å². The molecule has 0 atom stereocenters. The van der Waals surface area contributed by atoms with Crippen LogP contribution in [0.3, 0.4) is 0 Å². The number of benzene rings is 1. The Bertz CT molecular complexity index is 513. The number of hydrogen-bond donors (Lipinski definition) is 2. The Hall–Kier alpha value is -1.25. The second kappa shape index (κ2) is 5.75. The summed E-state index contributed by atoms with van der Waals surface area (Å²) in [6.45, 7) is -0.499. The number of nitrogens with zero attached hydrogens (tertiary/aromatic N) is 1. The van der Waals surface area contributed by atoms with Gasteiger partial charge in [0, 0.05) is 19.5 Å². The Morgan fingerprint density at radius 1 is 1.09 bits per heavy atom. The molecule has 1 saturated heterocycles. The molecule has 0 unspecified atom stereocenters. The van der Waals surface area contributed by atoms with Gasteiger partial charge in [-0.1, -0.05) is 12.1 Å². The van der Waals surface area contributed by atoms with Crippen molar-refractivity contribution in [2.75, 3.05) is 19.6 Å². The summed E-state index contributed by atoms with van der Waals surface area (Å²) in [5.74, 6) is -6.64. The minimum atomic E-state index is -4.40. The van der Waals surface area contributed by atoms with Gasteiger partial charge in [-0.25, -0.2) is 0 Å². The second-order valence-corrected chi connectivity index (χ2v) is 5.49. The monoisotopic (exact) mass is 325 g/mol. The van der Waals surface area contributed by atoms with E-state index in [9.17, 15) is 32.2 Å². The van der Waals surface area contributed by atoms with Crippen molar-refractivity contribution in [3.05, 3.63) is 35.4 Å². The van der Waals surface area contributed by atoms with Crippen LogP contribution in [0.2, 0.25) is 0 Å². The molecule has 0 saturated carbocycles. The number of aliphatic hydroxyl groups is 2. The molecule has 1 aliphatic rings. The summed E-state index contributed by atoms with van der Waals surface area (Å²) < 4.78 is 64.2. The van der Waals surface area contributed by atoms with Crippen LogP contribution in [-0.2, 0) is 12.6 Å². The maximum Gasteiger partial charge on any atom is 0.416 e. The molecule has 124 valence electrons. The van der Waals surface area contributed by atoms with Crippen molar-refractivity contribution < 1.29 is 32.2 Å². The quantitative estimate of drug-likeness (QED) is 0.662. The lowest BCUT2D eigenvalue weighted by atomic mass is 9.99. The third kappa shape index (κ3) is 3.74. The molecule has 0 spiro atoms. The molecule has 2 rings (SSSR count). The standard InChI is InChI=1S/C14H16F5NO2/c15-12(16)9-20(8-6-13(12,21)22)7-5-10-1-3-11(4-2-10)14(17,18)19/h1-4,21-22H,5-9H2. The molecule has 2 N–H and O–H groups in total. The smallest absolute Gasteiger partial charge is 0.361 e. The third-order valence-electron chi connectivity index (χ3n) is 3.78. The highest BCUT2D eigenvalue weighted by Gasteiger charge is 2.55. The van der Waals surface area contributed by atoms with Crippen molar-refractivity contribution in [2.45, 2.75) is 30.7 Å². The first-order valence-corrected chi connectivity index (χ1v) is 6.72. The molecule has 0 bridgehead atoms. The van der Waals surface area contributed by atoms with Crippen molar-refractivity contribution in [1.82, 2.24) is 4.90 Å². The molecule has 0 amide bonds. The lowest BCUT2D eigenvalue weighted by Crippen LogP contribution is -2.60. The van der Waals surface area contributed by atoms with Crippen molar-refractivity contribution in [1.29, 1.82) is 0 Å². The summed E-state index contributed by atoms with van der Waals surface area (Å²) >= 11 is 0. The molecule has 1 aromatic carbocycles. The Morgan fingerprint density at radius 2 is 1.68 bits per heavy atom. The molecule has 1 aromatic rings. The van der Waals surface area contributed by atoms with Crippen molar-refractivity contribution in [2.24, 2.45) is 0 Å². The summed E-state index contributed by atoms with van der Waals surface area (Å²) in [7, 11) is 0. The maximum absolute atomic E-state index is 13.5. The lowest BCUT2D eigenvalue weighted by molar-refractivity contribution is -0.317. The zero-order valence-corrected chi connectivity index (χ0v) is 11.6. The summed E-state index contributed by atoms with van der Waals surface area (Å²) in [5, 5.41) is 18.4. The Kier molecular flexibility index (Phi) is 4.47. The van der Waals surface area contributed by atoms with E-state index in [2.05, 4.69) is 0 Å². The molecule has 3 nitrogen and oxygen atoms in total. The van der Waals surface area contributed by atoms with Crippen molar-refractivity contribution in [3.63, 3.8) is 0 Å². The van der Waals surface area contributed by atoms with Gasteiger partial charge in [0.25, 0.3) is 0 Å². The molecule has 1 fully saturated rings. The van der Waals surface area contributed by atoms with Crippen LogP contribution in [0.5, 0.6) is 0 Å². The van der Waals surface area contributed by atoms with Crippen LogP contribution in [0, 0.1) is 0 Å². The largest absolute Gasteiger partial charge is 0.416 e. The highest BCUT2D eigenvalue weighted by Crippen LogP contribution is 2.34. The number of halogens is 5. The molecular formula is C14H16F5NO2. The summed E-state index contributed by atoms with van der Waals surface area (Å²) in [6.07, 6.45) is -4.58. The number of rotatable bonds is 3. The zero-order valence-electron chi connectivity index (χ0n) is 11.6. The van der Waals surface area contributed by atoms with Crippen LogP contribution in [-0.4, -0.2) is 46.5 Å². The van der Waals surface area contributed by atoms with E-state index in [1.165, 1.54) is 17.0 Å². The maximum atomic E-state index is 13.5. The first kappa shape index (κ1) is 17.1. The van der Waals surface area contributed by atoms with Gasteiger partial charge in [-0.05, 0) is 24.1 Å². The fourth-order valence-electron chi connectivity index (χ4n) is 2.32. The van der Waals surface area contributed by atoms with Crippen LogP contribution >= 0.6 is 0 Å². The van der Waals surface area contributed by atoms with E-state index in [0.29, 0.717) is 12.0 Å². The van der Waals surface area contributed by atoms with Gasteiger partial charge < -0.3 is 10.2 Å². The van der Waals surface area contributed by atoms with Gasteiger partial charge in [0.05, 0.1) is 12.1 Å². The van der Waals surface area contributed by atoms with Gasteiger partial charge in [-0.15, -0.1) is 0 Å². The lowest BCUT2D eigenvalue weighted by Gasteiger charge is -2.40. The van der Waals surface area contributed by atoms with E-state index >= 15 is 0 Å². The summed E-state index contributed by atoms with van der Waals surface area (Å²) in [6, 6.07) is 4.53. The topological polar surface area (TPSA) is 43.7 Å². The van der Waals surface area contributed by atoms with Crippen molar-refractivity contribution >= 4 is 0 Å². The van der Waals surface area contributed by atoms with Crippen LogP contribution in [0.4, 0.5) is 22.0 Å². The van der Waals surface area contributed by atoms with Gasteiger partial charge >= 0.3 is 12.1 Å². The Labute approximate surface area is 124 Å². The molecular weight excluding hydrogens is 309 g/mol. The normalized spacial score (nSPS) is 21.8. The zero-order chi connectivity index (χ0) is 16.6. The summed E-state index contributed by atoms with van der Waals surface area (Å²) in [5.41, 5.74) is -0.160. The third-order valence-corrected chi connectivity index (χ3v) is 3.78. The fourth-order valence-corrected chi connectivity index (χ4v) is 2.32. The van der Waals surface area contributed by atoms with E-state index in [1.807, 2.05) is 0 Å². The molecule has 22 heavy (non-hydrogen) atoms. The van der Waals surface area contributed by atoms with Gasteiger partial charge in [0.2, 0.25) is 5.79 Å². The first-order chi connectivity index (χ1) is 10.0. The van der Waals surface area contributed by atoms with Crippen LogP contribution in [0.25, 0.3) is 0 Å². The van der Waals surface area contributed by atoms with Gasteiger partial charge in [-0.3, -0.25) is 4.90 Å². The number of likely N-dealkylation sites (tertiary alicyclic amines) is 1. The Morgan fingerprint density at radius 3 is 2.18 bits per heavy atom. The van der Waals surface area contributed by atoms with Gasteiger partial charge in [-0.2, -0.15) is 22.0 Å². The average molecular weight is 325 g/mol. The van der Waals surface area contributed by atoms with Crippen LogP contribution < -0.4 is 0 Å². The Balaban J connectivity index is 1.91. The minimum absolute atomic E-state index is 0.0865. The molecule has 0 aliphatic carbocycles. The molecule has 1 heterocycles. The molecule has 0 aromatic heterocycles. The molecule has 1 aliphatic heterocycles. The van der Waals surface area contributed by atoms with E-state index in [1.54, 1.807) is 0 Å². The van der Waals surface area contributed by atoms with Crippen LogP contribution in [0.1, 0.15) is 17.5 Å². The van der Waals surface area contributed by atoms with E-state index in [-0.39, 0.29) is 13.1 Å². The fraction of sp³-hybridized carbons (Fsp3) is 0.571. The predicted octanol–water partition coefficient (Wildman–Crippen LogP) is 2.27. The summed E-state index contributed by atoms with van der Waals surface area (Å²) in [4.78, 5) is 1.36. The molecule has 8 heteroatoms. The number of alkyl halides is 5. The number of hydrogen-bond acceptors (Lipinski definition) is 3. The van der Waals surface area contributed by atoms with E-state index < -0.39 is 36.4 Å². The molecule has 0 radical (unpaired) electrons. The minimum Gasteiger partial charge on any atom is -0.361 e. The van der Waals surface area contributed by atoms with Gasteiger partial charge in [0.15, 0.2) is 0 Å². The van der Waals surface area contributed by atoms with E-state index in [0.717, 1.165) is 12.1 Å². The van der Waals surface area contributed by atoms with Crippen LogP contribution in [0.15, 0.2) is 24.3 Å². The van der Waals surface area contributed by atoms with Crippen molar-refractivity contribution in [3.8, 4) is 0 Å². The predicted molar refractivity (Wildman–Crippen MR) is 68.3 cm³/mol. The number of piperidine rings is 1. The second-order valence-electron chi connectivity index (χ2n) is 5.49. The van der Waals surface area contributed by atoms with Gasteiger partial charge in [0.1, 0.15) is 0 Å². The highest BCUT2D eigenvalue weighted by atomic mass is 19.4. The highest BCUT2D eigenvalue weighted by molar-refractivity contribution is 5.24. The first-order valence-electron chi connectivity index (χ1n) is 6.72.